The van der Waals surface area contributed by atoms with Gasteiger partial charge in [0.1, 0.15) is 17.1 Å². The summed E-state index contributed by atoms with van der Waals surface area (Å²) in [6.07, 6.45) is -3.82. The number of ether oxygens (including phenoxy) is 1. The monoisotopic (exact) mass is 486 g/mol. The molecule has 1 heterocycles. The quantitative estimate of drug-likeness (QED) is 0.461. The lowest BCUT2D eigenvalue weighted by atomic mass is 10.2. The Balaban J connectivity index is 1.92. The molecule has 2 aromatic carbocycles. The van der Waals surface area contributed by atoms with Gasteiger partial charge in [0.2, 0.25) is 5.95 Å². The molecule has 0 amide bonds. The molecule has 0 atom stereocenters. The molecule has 0 saturated carbocycles. The number of hydrogen-bond acceptors (Lipinski definition) is 5. The van der Waals surface area contributed by atoms with Crippen LogP contribution in [0.15, 0.2) is 54.7 Å². The summed E-state index contributed by atoms with van der Waals surface area (Å²) in [4.78, 5) is 7.80. The van der Waals surface area contributed by atoms with E-state index in [1.165, 1.54) is 0 Å². The summed E-state index contributed by atoms with van der Waals surface area (Å²) in [6.45, 7) is 0. The van der Waals surface area contributed by atoms with E-state index >= 15 is 0 Å². The first kappa shape index (κ1) is 19.2. The largest absolute Gasteiger partial charge is 0.497 e. The van der Waals surface area contributed by atoms with Crippen LogP contribution in [0.1, 0.15) is 5.56 Å². The van der Waals surface area contributed by atoms with Gasteiger partial charge in [0, 0.05) is 21.1 Å². The zero-order valence-electron chi connectivity index (χ0n) is 14.0. The van der Waals surface area contributed by atoms with Crippen molar-refractivity contribution in [2.24, 2.45) is 0 Å². The van der Waals surface area contributed by atoms with E-state index in [1.807, 2.05) is 6.07 Å². The Morgan fingerprint density at radius 2 is 1.74 bits per heavy atom. The van der Waals surface area contributed by atoms with Crippen molar-refractivity contribution in [2.75, 3.05) is 17.7 Å². The van der Waals surface area contributed by atoms with Crippen molar-refractivity contribution in [1.82, 2.24) is 9.97 Å². The van der Waals surface area contributed by atoms with Crippen molar-refractivity contribution < 1.29 is 17.9 Å². The molecule has 0 aliphatic heterocycles. The normalized spacial score (nSPS) is 11.1. The van der Waals surface area contributed by atoms with Crippen LogP contribution >= 0.6 is 22.6 Å². The van der Waals surface area contributed by atoms with Gasteiger partial charge in [-0.2, -0.15) is 18.2 Å². The van der Waals surface area contributed by atoms with Crippen LogP contribution in [0.2, 0.25) is 0 Å². The molecule has 0 aliphatic carbocycles. The van der Waals surface area contributed by atoms with Gasteiger partial charge in [-0.1, -0.05) is 6.07 Å². The third-order valence-electron chi connectivity index (χ3n) is 3.53. The molecule has 140 valence electrons. The molecule has 2 N–H and O–H groups in total. The number of nitrogens with one attached hydrogen (secondary N) is 2. The van der Waals surface area contributed by atoms with Crippen molar-refractivity contribution in [3.63, 3.8) is 0 Å². The number of aromatic nitrogens is 2. The predicted octanol–water partition coefficient (Wildman–Crippen LogP) is 5.60. The summed E-state index contributed by atoms with van der Waals surface area (Å²) in [6, 6.07) is 13.8. The molecule has 1 aromatic heterocycles. The standard InChI is InChI=1S/C18H14F3IN4O/c1-27-14-7-5-12(6-8-14)25-17-23-10-15(18(19,20)21)16(26-17)24-13-4-2-3-11(22)9-13/h2-10H,1H3,(H2,23,24,25,26). The maximum Gasteiger partial charge on any atom is 0.421 e. The fourth-order valence-corrected chi connectivity index (χ4v) is 2.79. The number of alkyl halides is 3. The maximum atomic E-state index is 13.3. The summed E-state index contributed by atoms with van der Waals surface area (Å²) < 4.78 is 45.9. The number of rotatable bonds is 5. The molecule has 0 radical (unpaired) electrons. The van der Waals surface area contributed by atoms with Crippen molar-refractivity contribution in [3.8, 4) is 5.75 Å². The Bertz CT molecular complexity index is 933. The first-order valence-electron chi connectivity index (χ1n) is 7.73. The lowest BCUT2D eigenvalue weighted by Gasteiger charge is -2.15. The molecule has 0 aliphatic rings. The topological polar surface area (TPSA) is 59.1 Å². The number of halogens is 4. The molecular weight excluding hydrogens is 472 g/mol. The highest BCUT2D eigenvalue weighted by Gasteiger charge is 2.35. The second-order valence-corrected chi connectivity index (χ2v) is 6.69. The van der Waals surface area contributed by atoms with Crippen LogP contribution in [-0.2, 0) is 6.18 Å². The van der Waals surface area contributed by atoms with Gasteiger partial charge in [0.15, 0.2) is 0 Å². The van der Waals surface area contributed by atoms with E-state index in [9.17, 15) is 13.2 Å². The Hall–Kier alpha value is -2.56. The van der Waals surface area contributed by atoms with Gasteiger partial charge in [0.25, 0.3) is 0 Å². The number of anilines is 4. The molecule has 0 spiro atoms. The van der Waals surface area contributed by atoms with Crippen molar-refractivity contribution in [2.45, 2.75) is 6.18 Å². The molecule has 9 heteroatoms. The predicted molar refractivity (Wildman–Crippen MR) is 106 cm³/mol. The van der Waals surface area contributed by atoms with Crippen LogP contribution in [0.4, 0.5) is 36.3 Å². The van der Waals surface area contributed by atoms with Gasteiger partial charge in [-0.25, -0.2) is 4.98 Å². The van der Waals surface area contributed by atoms with E-state index in [-0.39, 0.29) is 11.8 Å². The van der Waals surface area contributed by atoms with E-state index in [1.54, 1.807) is 49.6 Å². The summed E-state index contributed by atoms with van der Waals surface area (Å²) in [7, 11) is 1.55. The van der Waals surface area contributed by atoms with E-state index in [0.29, 0.717) is 17.1 Å². The highest BCUT2D eigenvalue weighted by atomic mass is 127. The Morgan fingerprint density at radius 1 is 1.00 bits per heavy atom. The first-order chi connectivity index (χ1) is 12.8. The highest BCUT2D eigenvalue weighted by Crippen LogP contribution is 2.35. The Kier molecular flexibility index (Phi) is 5.68. The van der Waals surface area contributed by atoms with Gasteiger partial charge in [-0.3, -0.25) is 0 Å². The molecule has 5 nitrogen and oxygen atoms in total. The molecular formula is C18H14F3IN4O. The third-order valence-corrected chi connectivity index (χ3v) is 4.20. The molecule has 0 unspecified atom stereocenters. The summed E-state index contributed by atoms with van der Waals surface area (Å²) in [5.74, 6) is 0.381. The summed E-state index contributed by atoms with van der Waals surface area (Å²) in [5.41, 5.74) is 0.180. The number of methoxy groups -OCH3 is 1. The summed E-state index contributed by atoms with van der Waals surface area (Å²) >= 11 is 2.08. The zero-order valence-corrected chi connectivity index (χ0v) is 16.2. The minimum Gasteiger partial charge on any atom is -0.497 e. The maximum absolute atomic E-state index is 13.3. The molecule has 0 fully saturated rings. The lowest BCUT2D eigenvalue weighted by molar-refractivity contribution is -0.137. The fraction of sp³-hybridized carbons (Fsp3) is 0.111. The van der Waals surface area contributed by atoms with Gasteiger partial charge in [0.05, 0.1) is 7.11 Å². The van der Waals surface area contributed by atoms with Crippen molar-refractivity contribution in [3.05, 3.63) is 63.9 Å². The average molecular weight is 486 g/mol. The molecule has 3 aromatic rings. The van der Waals surface area contributed by atoms with Crippen LogP contribution < -0.4 is 15.4 Å². The lowest BCUT2D eigenvalue weighted by Crippen LogP contribution is -2.12. The number of hydrogen-bond donors (Lipinski definition) is 2. The molecule has 0 saturated heterocycles. The minimum absolute atomic E-state index is 0.0429. The summed E-state index contributed by atoms with van der Waals surface area (Å²) in [5, 5.41) is 5.61. The highest BCUT2D eigenvalue weighted by molar-refractivity contribution is 14.1. The first-order valence-corrected chi connectivity index (χ1v) is 8.81. The number of benzene rings is 2. The van der Waals surface area contributed by atoms with Crippen molar-refractivity contribution >= 4 is 45.7 Å². The SMILES string of the molecule is COc1ccc(Nc2ncc(C(F)(F)F)c(Nc3cccc(I)c3)n2)cc1. The van der Waals surface area contributed by atoms with Crippen molar-refractivity contribution in [1.29, 1.82) is 0 Å². The van der Waals surface area contributed by atoms with Crippen LogP contribution in [0.25, 0.3) is 0 Å². The third kappa shape index (κ3) is 5.00. The molecule has 0 bridgehead atoms. The smallest absolute Gasteiger partial charge is 0.421 e. The minimum atomic E-state index is -4.58. The van der Waals surface area contributed by atoms with E-state index in [0.717, 1.165) is 9.77 Å². The fourth-order valence-electron chi connectivity index (χ4n) is 2.25. The molecule has 27 heavy (non-hydrogen) atoms. The van der Waals surface area contributed by atoms with Crippen LogP contribution in [0, 0.1) is 3.57 Å². The van der Waals surface area contributed by atoms with E-state index in [2.05, 4.69) is 43.2 Å². The number of nitrogens with zero attached hydrogens (tertiary/aromatic N) is 2. The Morgan fingerprint density at radius 3 is 2.37 bits per heavy atom. The Labute approximate surface area is 167 Å². The van der Waals surface area contributed by atoms with E-state index in [4.69, 9.17) is 4.74 Å². The van der Waals surface area contributed by atoms with Crippen LogP contribution in [0.3, 0.4) is 0 Å². The molecule has 3 rings (SSSR count). The van der Waals surface area contributed by atoms with Gasteiger partial charge in [-0.15, -0.1) is 0 Å². The zero-order chi connectivity index (χ0) is 19.4. The van der Waals surface area contributed by atoms with E-state index < -0.39 is 11.7 Å². The van der Waals surface area contributed by atoms with Crippen LogP contribution in [-0.4, -0.2) is 17.1 Å². The second-order valence-electron chi connectivity index (χ2n) is 5.44. The van der Waals surface area contributed by atoms with Gasteiger partial charge < -0.3 is 15.4 Å². The second kappa shape index (κ2) is 7.99. The van der Waals surface area contributed by atoms with Gasteiger partial charge >= 0.3 is 6.18 Å². The average Bonchev–Trinajstić information content (AvgIpc) is 2.61. The van der Waals surface area contributed by atoms with Crippen LogP contribution in [0.5, 0.6) is 5.75 Å². The van der Waals surface area contributed by atoms with Gasteiger partial charge in [-0.05, 0) is 65.1 Å².